The molecule has 0 aliphatic rings. The van der Waals surface area contributed by atoms with Gasteiger partial charge in [-0.1, -0.05) is 22.9 Å². The Labute approximate surface area is 119 Å². The summed E-state index contributed by atoms with van der Waals surface area (Å²) in [5.41, 5.74) is 0.446. The van der Waals surface area contributed by atoms with Crippen molar-refractivity contribution < 1.29 is 14.3 Å². The second-order valence-corrected chi connectivity index (χ2v) is 5.45. The number of rotatable bonds is 6. The van der Waals surface area contributed by atoms with Crippen LogP contribution in [0.15, 0.2) is 6.07 Å². The molecule has 0 saturated heterocycles. The lowest BCUT2D eigenvalue weighted by molar-refractivity contribution is -0.115. The second kappa shape index (κ2) is 7.53. The highest BCUT2D eigenvalue weighted by molar-refractivity contribution is 9.09. The zero-order valence-corrected chi connectivity index (χ0v) is 12.8. The minimum Gasteiger partial charge on any atom is -0.462 e. The van der Waals surface area contributed by atoms with Crippen LogP contribution in [-0.2, 0) is 16.0 Å². The Hall–Kier alpha value is -0.880. The lowest BCUT2D eigenvalue weighted by atomic mass is 10.2. The smallest absolute Gasteiger partial charge is 0.341 e. The number of esters is 1. The number of aryl methyl sites for hydroxylation is 1. The third-order valence-electron chi connectivity index (χ3n) is 2.20. The number of thiophene rings is 1. The molecule has 1 aromatic heterocycles. The van der Waals surface area contributed by atoms with Crippen LogP contribution in [0.25, 0.3) is 0 Å². The van der Waals surface area contributed by atoms with E-state index in [0.717, 1.165) is 11.3 Å². The van der Waals surface area contributed by atoms with Crippen molar-refractivity contribution in [1.29, 1.82) is 0 Å². The van der Waals surface area contributed by atoms with E-state index in [9.17, 15) is 9.59 Å². The molecule has 0 saturated carbocycles. The van der Waals surface area contributed by atoms with E-state index < -0.39 is 0 Å². The van der Waals surface area contributed by atoms with Gasteiger partial charge in [0.2, 0.25) is 5.91 Å². The maximum Gasteiger partial charge on any atom is 0.341 e. The van der Waals surface area contributed by atoms with Crippen LogP contribution in [0.5, 0.6) is 0 Å². The van der Waals surface area contributed by atoms with Gasteiger partial charge in [0.15, 0.2) is 0 Å². The van der Waals surface area contributed by atoms with Gasteiger partial charge in [-0.05, 0) is 19.4 Å². The summed E-state index contributed by atoms with van der Waals surface area (Å²) in [4.78, 5) is 24.4. The molecule has 100 valence electrons. The summed E-state index contributed by atoms with van der Waals surface area (Å²) >= 11 is 4.63. The number of anilines is 1. The fraction of sp³-hybridized carbons (Fsp3) is 0.500. The van der Waals surface area contributed by atoms with Crippen molar-refractivity contribution in [3.8, 4) is 0 Å². The monoisotopic (exact) mass is 333 g/mol. The summed E-state index contributed by atoms with van der Waals surface area (Å²) in [5, 5.41) is 3.93. The van der Waals surface area contributed by atoms with E-state index in [1.807, 2.05) is 6.92 Å². The molecule has 0 aliphatic carbocycles. The van der Waals surface area contributed by atoms with Crippen LogP contribution >= 0.6 is 27.3 Å². The van der Waals surface area contributed by atoms with Gasteiger partial charge in [0.25, 0.3) is 0 Å². The first kappa shape index (κ1) is 15.2. The van der Waals surface area contributed by atoms with Crippen molar-refractivity contribution in [3.05, 3.63) is 16.5 Å². The van der Waals surface area contributed by atoms with E-state index in [2.05, 4.69) is 21.2 Å². The van der Waals surface area contributed by atoms with E-state index in [1.165, 1.54) is 11.3 Å². The van der Waals surface area contributed by atoms with Crippen molar-refractivity contribution in [2.24, 2.45) is 0 Å². The van der Waals surface area contributed by atoms with Crippen LogP contribution in [-0.4, -0.2) is 23.8 Å². The standard InChI is InChI=1S/C12H16BrNO3S/c1-3-8-7-9(12(16)17-4-2)11(18-8)14-10(15)5-6-13/h7H,3-6H2,1-2H3,(H,14,15). The first-order valence-electron chi connectivity index (χ1n) is 5.78. The van der Waals surface area contributed by atoms with Crippen LogP contribution in [0.3, 0.4) is 0 Å². The molecule has 0 fully saturated rings. The molecule has 0 unspecified atom stereocenters. The molecule has 0 atom stereocenters. The summed E-state index contributed by atoms with van der Waals surface area (Å²) < 4.78 is 4.98. The molecule has 1 rings (SSSR count). The number of carbonyl (C=O) groups is 2. The van der Waals surface area contributed by atoms with E-state index in [-0.39, 0.29) is 11.9 Å². The maximum absolute atomic E-state index is 11.8. The zero-order valence-electron chi connectivity index (χ0n) is 10.4. The van der Waals surface area contributed by atoms with Gasteiger partial charge in [-0.15, -0.1) is 11.3 Å². The molecule has 4 nitrogen and oxygen atoms in total. The molecule has 18 heavy (non-hydrogen) atoms. The van der Waals surface area contributed by atoms with Gasteiger partial charge in [0.1, 0.15) is 5.00 Å². The second-order valence-electron chi connectivity index (χ2n) is 3.52. The van der Waals surface area contributed by atoms with Gasteiger partial charge in [0.05, 0.1) is 12.2 Å². The predicted octanol–water partition coefficient (Wildman–Crippen LogP) is 3.21. The first-order chi connectivity index (χ1) is 8.62. The molecule has 0 bridgehead atoms. The van der Waals surface area contributed by atoms with Gasteiger partial charge in [-0.25, -0.2) is 4.79 Å². The summed E-state index contributed by atoms with van der Waals surface area (Å²) in [5.74, 6) is -0.496. The lowest BCUT2D eigenvalue weighted by Crippen LogP contribution is -2.14. The highest BCUT2D eigenvalue weighted by atomic mass is 79.9. The number of halogens is 1. The SMILES string of the molecule is CCOC(=O)c1cc(CC)sc1NC(=O)CCBr. The Morgan fingerprint density at radius 3 is 2.72 bits per heavy atom. The normalized spacial score (nSPS) is 10.2. The highest BCUT2D eigenvalue weighted by Gasteiger charge is 2.18. The van der Waals surface area contributed by atoms with Crippen LogP contribution in [0, 0.1) is 0 Å². The number of carbonyl (C=O) groups excluding carboxylic acids is 2. The van der Waals surface area contributed by atoms with E-state index in [0.29, 0.717) is 28.9 Å². The molecule has 1 aromatic rings. The van der Waals surface area contributed by atoms with Gasteiger partial charge < -0.3 is 10.1 Å². The quantitative estimate of drug-likeness (QED) is 0.642. The van der Waals surface area contributed by atoms with E-state index in [4.69, 9.17) is 4.74 Å². The van der Waals surface area contributed by atoms with Gasteiger partial charge in [-0.2, -0.15) is 0 Å². The number of ether oxygens (including phenoxy) is 1. The summed E-state index contributed by atoms with van der Waals surface area (Å²) in [7, 11) is 0. The van der Waals surface area contributed by atoms with Crippen molar-refractivity contribution in [3.63, 3.8) is 0 Å². The predicted molar refractivity (Wildman–Crippen MR) is 76.7 cm³/mol. The third kappa shape index (κ3) is 4.10. The molecular formula is C12H16BrNO3S. The average Bonchev–Trinajstić information content (AvgIpc) is 2.73. The van der Waals surface area contributed by atoms with Crippen LogP contribution in [0.2, 0.25) is 0 Å². The molecule has 1 amide bonds. The average molecular weight is 334 g/mol. The van der Waals surface area contributed by atoms with Crippen LogP contribution < -0.4 is 5.32 Å². The fourth-order valence-corrected chi connectivity index (χ4v) is 2.71. The Bertz CT molecular complexity index is 431. The Morgan fingerprint density at radius 2 is 2.17 bits per heavy atom. The number of hydrogen-bond acceptors (Lipinski definition) is 4. The molecule has 1 N–H and O–H groups in total. The van der Waals surface area contributed by atoms with Crippen molar-refractivity contribution in [2.45, 2.75) is 26.7 Å². The van der Waals surface area contributed by atoms with Crippen molar-refractivity contribution in [1.82, 2.24) is 0 Å². The van der Waals surface area contributed by atoms with E-state index in [1.54, 1.807) is 13.0 Å². The molecule has 6 heteroatoms. The Balaban J connectivity index is 2.90. The summed E-state index contributed by atoms with van der Waals surface area (Å²) in [6.07, 6.45) is 1.20. The third-order valence-corrected chi connectivity index (χ3v) is 3.79. The van der Waals surface area contributed by atoms with Crippen molar-refractivity contribution in [2.75, 3.05) is 17.3 Å². The molecule has 0 spiro atoms. The molecule has 0 aliphatic heterocycles. The number of nitrogens with one attached hydrogen (secondary N) is 1. The molecule has 0 aromatic carbocycles. The maximum atomic E-state index is 11.8. The minimum atomic E-state index is -0.386. The highest BCUT2D eigenvalue weighted by Crippen LogP contribution is 2.29. The number of hydrogen-bond donors (Lipinski definition) is 1. The molecule has 1 heterocycles. The fourth-order valence-electron chi connectivity index (χ4n) is 1.34. The first-order valence-corrected chi connectivity index (χ1v) is 7.71. The lowest BCUT2D eigenvalue weighted by Gasteiger charge is -2.04. The summed E-state index contributed by atoms with van der Waals surface area (Å²) in [6.45, 7) is 4.09. The van der Waals surface area contributed by atoms with Crippen molar-refractivity contribution >= 4 is 44.1 Å². The zero-order chi connectivity index (χ0) is 13.5. The summed E-state index contributed by atoms with van der Waals surface area (Å²) in [6, 6.07) is 1.78. The molecular weight excluding hydrogens is 318 g/mol. The van der Waals surface area contributed by atoms with Crippen LogP contribution in [0.1, 0.15) is 35.5 Å². The van der Waals surface area contributed by atoms with Gasteiger partial charge in [-0.3, -0.25) is 4.79 Å². The van der Waals surface area contributed by atoms with Gasteiger partial charge in [0, 0.05) is 16.6 Å². The largest absolute Gasteiger partial charge is 0.462 e. The van der Waals surface area contributed by atoms with E-state index >= 15 is 0 Å². The topological polar surface area (TPSA) is 55.4 Å². The number of amides is 1. The van der Waals surface area contributed by atoms with Crippen LogP contribution in [0.4, 0.5) is 5.00 Å². The minimum absolute atomic E-state index is 0.109. The molecule has 0 radical (unpaired) electrons. The van der Waals surface area contributed by atoms with Gasteiger partial charge >= 0.3 is 5.97 Å². The Kier molecular flexibility index (Phi) is 6.35. The number of alkyl halides is 1. The Morgan fingerprint density at radius 1 is 1.44 bits per heavy atom.